The van der Waals surface area contributed by atoms with Crippen molar-refractivity contribution >= 4 is 27.4 Å². The number of nitro benzene ring substituents is 1. The molecule has 1 unspecified atom stereocenters. The van der Waals surface area contributed by atoms with E-state index in [0.29, 0.717) is 0 Å². The Balaban J connectivity index is 1.70. The zero-order valence-corrected chi connectivity index (χ0v) is 17.9. The van der Waals surface area contributed by atoms with E-state index >= 15 is 0 Å². The van der Waals surface area contributed by atoms with Gasteiger partial charge in [0.2, 0.25) is 0 Å². The Bertz CT molecular complexity index is 1140. The molecule has 0 spiro atoms. The molecule has 1 aliphatic rings. The van der Waals surface area contributed by atoms with E-state index in [4.69, 9.17) is 4.74 Å². The number of esters is 1. The van der Waals surface area contributed by atoms with Crippen LogP contribution in [0.25, 0.3) is 0 Å². The predicted molar refractivity (Wildman–Crippen MR) is 111 cm³/mol. The first-order valence-electron chi connectivity index (χ1n) is 9.58. The van der Waals surface area contributed by atoms with Crippen LogP contribution in [0.4, 0.5) is 5.69 Å². The highest BCUT2D eigenvalue weighted by atomic mass is 32.2. The van der Waals surface area contributed by atoms with Crippen molar-refractivity contribution < 1.29 is 27.7 Å². The molecular weight excluding hydrogens is 424 g/mol. The van der Waals surface area contributed by atoms with Gasteiger partial charge in [0.25, 0.3) is 11.6 Å². The smallest absolute Gasteiger partial charge is 0.338 e. The number of aryl methyl sites for hydroxylation is 1. The number of sulfone groups is 1. The number of rotatable bonds is 6. The summed E-state index contributed by atoms with van der Waals surface area (Å²) in [5, 5.41) is 11.2. The van der Waals surface area contributed by atoms with Crippen LogP contribution in [-0.2, 0) is 25.8 Å². The number of hydrogen-bond donors (Lipinski definition) is 0. The van der Waals surface area contributed by atoms with Crippen LogP contribution in [-0.4, -0.2) is 50.0 Å². The predicted octanol–water partition coefficient (Wildman–Crippen LogP) is 2.69. The second-order valence-electron chi connectivity index (χ2n) is 7.40. The molecule has 2 aromatic carbocycles. The van der Waals surface area contributed by atoms with Crippen molar-refractivity contribution in [2.24, 2.45) is 0 Å². The van der Waals surface area contributed by atoms with E-state index in [2.05, 4.69) is 0 Å². The van der Waals surface area contributed by atoms with Crippen LogP contribution in [0, 0.1) is 10.1 Å². The summed E-state index contributed by atoms with van der Waals surface area (Å²) in [6.45, 7) is -0.532. The van der Waals surface area contributed by atoms with E-state index in [1.165, 1.54) is 5.56 Å². The van der Waals surface area contributed by atoms with Gasteiger partial charge in [-0.25, -0.2) is 13.2 Å². The van der Waals surface area contributed by atoms with E-state index in [0.717, 1.165) is 49.3 Å². The highest BCUT2D eigenvalue weighted by Crippen LogP contribution is 2.33. The van der Waals surface area contributed by atoms with Gasteiger partial charge in [-0.05, 0) is 42.5 Å². The molecule has 0 saturated carbocycles. The Morgan fingerprint density at radius 1 is 1.23 bits per heavy atom. The highest BCUT2D eigenvalue weighted by Gasteiger charge is 2.28. The lowest BCUT2D eigenvalue weighted by Gasteiger charge is -2.33. The van der Waals surface area contributed by atoms with Crippen LogP contribution in [0.3, 0.4) is 0 Å². The first-order valence-corrected chi connectivity index (χ1v) is 11.5. The van der Waals surface area contributed by atoms with E-state index in [9.17, 15) is 28.1 Å². The quantitative estimate of drug-likeness (QED) is 0.380. The summed E-state index contributed by atoms with van der Waals surface area (Å²) in [4.78, 5) is 36.3. The highest BCUT2D eigenvalue weighted by molar-refractivity contribution is 7.90. The van der Waals surface area contributed by atoms with Gasteiger partial charge in [0.15, 0.2) is 16.4 Å². The van der Waals surface area contributed by atoms with Gasteiger partial charge in [-0.15, -0.1) is 0 Å². The number of ether oxygens (including phenoxy) is 1. The summed E-state index contributed by atoms with van der Waals surface area (Å²) >= 11 is 0. The van der Waals surface area contributed by atoms with Crippen molar-refractivity contribution in [3.8, 4) is 0 Å². The standard InChI is InChI=1S/C21H22N2O7S/c1-22(17-9-5-7-14-6-3-4-8-16(14)17)20(24)13-30-21(25)15-10-11-19(31(2,28)29)18(12-15)23(26)27/h3-4,6,8,10-12,17H,5,7,9,13H2,1-2H3. The third-order valence-electron chi connectivity index (χ3n) is 5.32. The number of hydrogen-bond acceptors (Lipinski definition) is 7. The number of fused-ring (bicyclic) bond motifs is 1. The molecule has 0 saturated heterocycles. The lowest BCUT2D eigenvalue weighted by molar-refractivity contribution is -0.387. The van der Waals surface area contributed by atoms with E-state index in [1.807, 2.05) is 24.3 Å². The fourth-order valence-corrected chi connectivity index (χ4v) is 4.55. The number of nitrogens with zero attached hydrogens (tertiary/aromatic N) is 2. The molecule has 1 amide bonds. The molecule has 3 rings (SSSR count). The molecule has 1 aliphatic carbocycles. The van der Waals surface area contributed by atoms with Crippen molar-refractivity contribution in [2.45, 2.75) is 30.2 Å². The monoisotopic (exact) mass is 446 g/mol. The van der Waals surface area contributed by atoms with E-state index in [1.54, 1.807) is 11.9 Å². The summed E-state index contributed by atoms with van der Waals surface area (Å²) in [6, 6.07) is 10.7. The van der Waals surface area contributed by atoms with E-state index < -0.39 is 43.8 Å². The Kier molecular flexibility index (Phi) is 6.40. The average Bonchev–Trinajstić information content (AvgIpc) is 2.75. The van der Waals surface area contributed by atoms with Crippen LogP contribution in [0.2, 0.25) is 0 Å². The zero-order chi connectivity index (χ0) is 22.8. The van der Waals surface area contributed by atoms with Gasteiger partial charge < -0.3 is 9.64 Å². The van der Waals surface area contributed by atoms with Crippen LogP contribution in [0.15, 0.2) is 47.4 Å². The second-order valence-corrected chi connectivity index (χ2v) is 9.38. The molecule has 0 fully saturated rings. The Hall–Kier alpha value is -3.27. The summed E-state index contributed by atoms with van der Waals surface area (Å²) in [5.41, 5.74) is 1.33. The van der Waals surface area contributed by atoms with Crippen molar-refractivity contribution in [1.29, 1.82) is 0 Å². The summed E-state index contributed by atoms with van der Waals surface area (Å²) in [5.74, 6) is -1.36. The molecular formula is C21H22N2O7S. The number of carbonyl (C=O) groups is 2. The largest absolute Gasteiger partial charge is 0.452 e. The van der Waals surface area contributed by atoms with Gasteiger partial charge in [0.1, 0.15) is 4.90 Å². The first-order chi connectivity index (χ1) is 14.6. The van der Waals surface area contributed by atoms with Crippen LogP contribution in [0.1, 0.15) is 40.4 Å². The maximum absolute atomic E-state index is 12.6. The van der Waals surface area contributed by atoms with Crippen LogP contribution >= 0.6 is 0 Å². The lowest BCUT2D eigenvalue weighted by Crippen LogP contribution is -2.36. The molecule has 0 aromatic heterocycles. The third kappa shape index (κ3) is 4.91. The molecule has 2 aromatic rings. The number of likely N-dealkylation sites (N-methyl/N-ethyl adjacent to an activating group) is 1. The van der Waals surface area contributed by atoms with Gasteiger partial charge in [0, 0.05) is 19.4 Å². The SMILES string of the molecule is CN(C(=O)COC(=O)c1ccc(S(C)(=O)=O)c([N+](=O)[O-])c1)C1CCCc2ccccc21. The lowest BCUT2D eigenvalue weighted by atomic mass is 9.87. The molecule has 164 valence electrons. The molecule has 9 nitrogen and oxygen atoms in total. The van der Waals surface area contributed by atoms with Crippen molar-refractivity contribution in [2.75, 3.05) is 19.9 Å². The van der Waals surface area contributed by atoms with Crippen LogP contribution < -0.4 is 0 Å². The van der Waals surface area contributed by atoms with Crippen LogP contribution in [0.5, 0.6) is 0 Å². The number of benzene rings is 2. The normalized spacial score (nSPS) is 15.6. The summed E-state index contributed by atoms with van der Waals surface area (Å²) in [7, 11) is -2.20. The third-order valence-corrected chi connectivity index (χ3v) is 6.46. The molecule has 0 bridgehead atoms. The molecule has 10 heteroatoms. The van der Waals surface area contributed by atoms with Crippen molar-refractivity contribution in [1.82, 2.24) is 4.90 Å². The Labute approximate surface area is 179 Å². The molecule has 1 atom stereocenters. The minimum absolute atomic E-state index is 0.119. The minimum Gasteiger partial charge on any atom is -0.452 e. The average molecular weight is 446 g/mol. The maximum Gasteiger partial charge on any atom is 0.338 e. The first kappa shape index (κ1) is 22.4. The van der Waals surface area contributed by atoms with Crippen molar-refractivity contribution in [3.05, 3.63) is 69.3 Å². The molecule has 0 radical (unpaired) electrons. The fourth-order valence-electron chi connectivity index (χ4n) is 3.72. The molecule has 0 aliphatic heterocycles. The zero-order valence-electron chi connectivity index (χ0n) is 17.1. The van der Waals surface area contributed by atoms with Gasteiger partial charge in [-0.1, -0.05) is 24.3 Å². The molecule has 31 heavy (non-hydrogen) atoms. The molecule has 0 N–H and O–H groups in total. The van der Waals surface area contributed by atoms with Crippen molar-refractivity contribution in [3.63, 3.8) is 0 Å². The Morgan fingerprint density at radius 3 is 2.61 bits per heavy atom. The molecule has 0 heterocycles. The van der Waals surface area contributed by atoms with Gasteiger partial charge in [0.05, 0.1) is 16.5 Å². The number of carbonyl (C=O) groups excluding carboxylic acids is 2. The fraction of sp³-hybridized carbons (Fsp3) is 0.333. The summed E-state index contributed by atoms with van der Waals surface area (Å²) < 4.78 is 28.4. The van der Waals surface area contributed by atoms with Gasteiger partial charge in [-0.3, -0.25) is 14.9 Å². The van der Waals surface area contributed by atoms with Gasteiger partial charge in [-0.2, -0.15) is 0 Å². The van der Waals surface area contributed by atoms with Gasteiger partial charge >= 0.3 is 5.97 Å². The maximum atomic E-state index is 12.6. The summed E-state index contributed by atoms with van der Waals surface area (Å²) in [6.07, 6.45) is 3.53. The second kappa shape index (κ2) is 8.84. The topological polar surface area (TPSA) is 124 Å². The number of amides is 1. The van der Waals surface area contributed by atoms with E-state index in [-0.39, 0.29) is 11.6 Å². The Morgan fingerprint density at radius 2 is 1.94 bits per heavy atom. The minimum atomic E-state index is -3.85. The number of nitro groups is 1.